The van der Waals surface area contributed by atoms with Crippen molar-refractivity contribution in [1.82, 2.24) is 15.1 Å². The lowest BCUT2D eigenvalue weighted by atomic mass is 10.1. The third-order valence-electron chi connectivity index (χ3n) is 5.03. The third-order valence-corrected chi connectivity index (χ3v) is 6.11. The molecule has 0 spiro atoms. The smallest absolute Gasteiger partial charge is 0.277 e. The van der Waals surface area contributed by atoms with Gasteiger partial charge in [-0.05, 0) is 67.8 Å². The first-order chi connectivity index (χ1) is 14.7. The highest BCUT2D eigenvalue weighted by Gasteiger charge is 2.29. The van der Waals surface area contributed by atoms with Gasteiger partial charge < -0.3 is 14.1 Å². The number of piperidine rings is 1. The van der Waals surface area contributed by atoms with Crippen LogP contribution in [-0.2, 0) is 4.79 Å². The number of amides is 1. The van der Waals surface area contributed by atoms with Crippen molar-refractivity contribution in [3.8, 4) is 17.2 Å². The zero-order valence-electron chi connectivity index (χ0n) is 17.0. The van der Waals surface area contributed by atoms with E-state index in [9.17, 15) is 4.79 Å². The number of carbonyl (C=O) groups is 1. The zero-order chi connectivity index (χ0) is 20.8. The van der Waals surface area contributed by atoms with Crippen LogP contribution in [0.1, 0.15) is 37.0 Å². The van der Waals surface area contributed by atoms with Gasteiger partial charge in [0, 0.05) is 18.7 Å². The van der Waals surface area contributed by atoms with E-state index in [1.165, 1.54) is 18.2 Å². The number of ether oxygens (including phenoxy) is 1. The Balaban J connectivity index is 1.54. The van der Waals surface area contributed by atoms with E-state index >= 15 is 0 Å². The molecule has 0 bridgehead atoms. The Morgan fingerprint density at radius 1 is 1.07 bits per heavy atom. The molecule has 1 saturated heterocycles. The van der Waals surface area contributed by atoms with Crippen molar-refractivity contribution < 1.29 is 13.9 Å². The summed E-state index contributed by atoms with van der Waals surface area (Å²) in [5.74, 6) is 1.33. The quantitative estimate of drug-likeness (QED) is 0.499. The summed E-state index contributed by atoms with van der Waals surface area (Å²) < 4.78 is 11.4. The Kier molecular flexibility index (Phi) is 6.69. The normalized spacial score (nSPS) is 15.0. The van der Waals surface area contributed by atoms with Gasteiger partial charge in [-0.1, -0.05) is 30.3 Å². The summed E-state index contributed by atoms with van der Waals surface area (Å²) in [6.07, 6.45) is 3.29. The molecule has 1 aromatic heterocycles. The first-order valence-electron chi connectivity index (χ1n) is 10.3. The Morgan fingerprint density at radius 2 is 1.80 bits per heavy atom. The Bertz CT molecular complexity index is 953. The fourth-order valence-corrected chi connectivity index (χ4v) is 4.46. The summed E-state index contributed by atoms with van der Waals surface area (Å²) in [4.78, 5) is 15.2. The van der Waals surface area contributed by atoms with E-state index in [0.717, 1.165) is 42.8 Å². The molecule has 1 fully saturated rings. The molecule has 1 aliphatic heterocycles. The first-order valence-corrected chi connectivity index (χ1v) is 11.2. The molecule has 1 unspecified atom stereocenters. The van der Waals surface area contributed by atoms with Crippen LogP contribution in [0, 0.1) is 0 Å². The predicted molar refractivity (Wildman–Crippen MR) is 116 cm³/mol. The fraction of sp³-hybridized carbons (Fsp3) is 0.348. The molecule has 156 valence electrons. The summed E-state index contributed by atoms with van der Waals surface area (Å²) in [7, 11) is 0. The number of hydrogen-bond donors (Lipinski definition) is 0. The molecule has 0 N–H and O–H groups in total. The van der Waals surface area contributed by atoms with Crippen molar-refractivity contribution in [2.24, 2.45) is 0 Å². The molecule has 2 heterocycles. The molecule has 4 rings (SSSR count). The van der Waals surface area contributed by atoms with Crippen molar-refractivity contribution in [2.75, 3.05) is 19.7 Å². The lowest BCUT2D eigenvalue weighted by Crippen LogP contribution is -2.38. The van der Waals surface area contributed by atoms with Crippen LogP contribution in [0.4, 0.5) is 0 Å². The highest BCUT2D eigenvalue weighted by molar-refractivity contribution is 8.00. The predicted octanol–water partition coefficient (Wildman–Crippen LogP) is 4.98. The van der Waals surface area contributed by atoms with Crippen LogP contribution in [0.15, 0.2) is 64.2 Å². The number of rotatable bonds is 7. The topological polar surface area (TPSA) is 68.5 Å². The Hall–Kier alpha value is -2.80. The van der Waals surface area contributed by atoms with Crippen LogP contribution >= 0.6 is 11.8 Å². The highest BCUT2D eigenvalue weighted by Crippen LogP contribution is 2.37. The van der Waals surface area contributed by atoms with Gasteiger partial charge in [0.25, 0.3) is 5.22 Å². The molecule has 0 aliphatic carbocycles. The molecule has 1 aliphatic rings. The second kappa shape index (κ2) is 9.80. The van der Waals surface area contributed by atoms with Gasteiger partial charge in [-0.15, -0.1) is 10.2 Å². The van der Waals surface area contributed by atoms with E-state index in [0.29, 0.717) is 17.7 Å². The SMILES string of the molecule is CCOc1ccc(-c2nnc(SC(C(=O)N3CCCCC3)c3ccccc3)o2)cc1. The van der Waals surface area contributed by atoms with Crippen molar-refractivity contribution in [3.63, 3.8) is 0 Å². The third kappa shape index (κ3) is 4.84. The molecule has 1 amide bonds. The molecule has 1 atom stereocenters. The van der Waals surface area contributed by atoms with Crippen molar-refractivity contribution in [2.45, 2.75) is 36.7 Å². The van der Waals surface area contributed by atoms with E-state index in [1.54, 1.807) is 0 Å². The van der Waals surface area contributed by atoms with E-state index in [1.807, 2.05) is 66.4 Å². The van der Waals surface area contributed by atoms with Gasteiger partial charge in [-0.2, -0.15) is 0 Å². The van der Waals surface area contributed by atoms with Crippen LogP contribution in [0.25, 0.3) is 11.5 Å². The van der Waals surface area contributed by atoms with Crippen molar-refractivity contribution >= 4 is 17.7 Å². The number of nitrogens with zero attached hydrogens (tertiary/aromatic N) is 3. The second-order valence-corrected chi connectivity index (χ2v) is 8.18. The van der Waals surface area contributed by atoms with Crippen molar-refractivity contribution in [1.29, 1.82) is 0 Å². The van der Waals surface area contributed by atoms with Crippen LogP contribution < -0.4 is 4.74 Å². The van der Waals surface area contributed by atoms with Gasteiger partial charge in [0.05, 0.1) is 6.61 Å². The standard InChI is InChI=1S/C23H25N3O3S/c1-2-28-19-13-11-18(12-14-19)21-24-25-23(29-21)30-20(17-9-5-3-6-10-17)22(27)26-15-7-4-8-16-26/h3,5-6,9-14,20H,2,4,7-8,15-16H2,1H3. The number of carbonyl (C=O) groups excluding carboxylic acids is 1. The number of thioether (sulfide) groups is 1. The van der Waals surface area contributed by atoms with Gasteiger partial charge in [0.2, 0.25) is 11.8 Å². The molecule has 30 heavy (non-hydrogen) atoms. The largest absolute Gasteiger partial charge is 0.494 e. The van der Waals surface area contributed by atoms with Gasteiger partial charge >= 0.3 is 0 Å². The van der Waals surface area contributed by atoms with Gasteiger partial charge in [-0.25, -0.2) is 0 Å². The summed E-state index contributed by atoms with van der Waals surface area (Å²) in [6, 6.07) is 17.3. The van der Waals surface area contributed by atoms with Gasteiger partial charge in [0.1, 0.15) is 11.0 Å². The highest BCUT2D eigenvalue weighted by atomic mass is 32.2. The fourth-order valence-electron chi connectivity index (χ4n) is 3.50. The zero-order valence-corrected chi connectivity index (χ0v) is 17.8. The maximum atomic E-state index is 13.3. The maximum absolute atomic E-state index is 13.3. The van der Waals surface area contributed by atoms with E-state index < -0.39 is 5.25 Å². The lowest BCUT2D eigenvalue weighted by Gasteiger charge is -2.29. The minimum atomic E-state index is -0.405. The molecular weight excluding hydrogens is 398 g/mol. The average Bonchev–Trinajstić information content (AvgIpc) is 3.28. The second-order valence-electron chi connectivity index (χ2n) is 7.13. The van der Waals surface area contributed by atoms with Crippen molar-refractivity contribution in [3.05, 3.63) is 60.2 Å². The molecular formula is C23H25N3O3S. The van der Waals surface area contributed by atoms with Crippen LogP contribution in [0.2, 0.25) is 0 Å². The van der Waals surface area contributed by atoms with Crippen LogP contribution in [0.5, 0.6) is 5.75 Å². The minimum Gasteiger partial charge on any atom is -0.494 e. The minimum absolute atomic E-state index is 0.103. The Labute approximate surface area is 180 Å². The first kappa shape index (κ1) is 20.5. The molecule has 6 nitrogen and oxygen atoms in total. The average molecular weight is 424 g/mol. The molecule has 7 heteroatoms. The number of aromatic nitrogens is 2. The van der Waals surface area contributed by atoms with Crippen LogP contribution in [0.3, 0.4) is 0 Å². The summed E-state index contributed by atoms with van der Waals surface area (Å²) in [6.45, 7) is 4.18. The Morgan fingerprint density at radius 3 is 2.50 bits per heavy atom. The number of benzene rings is 2. The monoisotopic (exact) mass is 423 g/mol. The maximum Gasteiger partial charge on any atom is 0.277 e. The molecule has 0 radical (unpaired) electrons. The lowest BCUT2D eigenvalue weighted by molar-refractivity contribution is -0.131. The molecule has 3 aromatic rings. The van der Waals surface area contributed by atoms with Gasteiger partial charge in [0.15, 0.2) is 0 Å². The number of likely N-dealkylation sites (tertiary alicyclic amines) is 1. The summed E-state index contributed by atoms with van der Waals surface area (Å²) >= 11 is 1.31. The summed E-state index contributed by atoms with van der Waals surface area (Å²) in [5.41, 5.74) is 1.76. The van der Waals surface area contributed by atoms with E-state index in [2.05, 4.69) is 10.2 Å². The van der Waals surface area contributed by atoms with Gasteiger partial charge in [-0.3, -0.25) is 4.79 Å². The summed E-state index contributed by atoms with van der Waals surface area (Å²) in [5, 5.41) is 8.35. The van der Waals surface area contributed by atoms with E-state index in [-0.39, 0.29) is 5.91 Å². The van der Waals surface area contributed by atoms with E-state index in [4.69, 9.17) is 9.15 Å². The molecule has 2 aromatic carbocycles. The number of hydrogen-bond acceptors (Lipinski definition) is 6. The van der Waals surface area contributed by atoms with Crippen LogP contribution in [-0.4, -0.2) is 40.7 Å². The molecule has 0 saturated carbocycles.